The number of hydrogen-bond acceptors (Lipinski definition) is 3. The highest BCUT2D eigenvalue weighted by Crippen LogP contribution is 2.41. The Kier molecular flexibility index (Phi) is 4.33. The minimum absolute atomic E-state index is 0.109. The normalized spacial score (nSPS) is 16.3. The van der Waals surface area contributed by atoms with E-state index < -0.39 is 0 Å². The standard InChI is InChI=1S/C19H17ClN2OS/c20-15-5-4-6-17-14(15)12-21-16-11-13(7-8-18(16)24-17)19(23)22-9-2-1-3-10-22/h4-8,11-12H,1-3,9-10H2. The van der Waals surface area contributed by atoms with Crippen LogP contribution in [0.15, 0.2) is 51.2 Å². The number of fused-ring (bicyclic) bond motifs is 2. The van der Waals surface area contributed by atoms with E-state index >= 15 is 0 Å². The number of halogens is 1. The van der Waals surface area contributed by atoms with Gasteiger partial charge >= 0.3 is 0 Å². The average Bonchev–Trinajstić information content (AvgIpc) is 2.81. The van der Waals surface area contributed by atoms with E-state index in [2.05, 4.69) is 4.99 Å². The molecule has 0 aliphatic carbocycles. The third-order valence-corrected chi connectivity index (χ3v) is 5.89. The van der Waals surface area contributed by atoms with Gasteiger partial charge in [-0.25, -0.2) is 0 Å². The van der Waals surface area contributed by atoms with Crippen LogP contribution < -0.4 is 0 Å². The first-order valence-electron chi connectivity index (χ1n) is 8.16. The van der Waals surface area contributed by atoms with Crippen LogP contribution in [0.25, 0.3) is 0 Å². The molecule has 2 aromatic carbocycles. The minimum atomic E-state index is 0.109. The summed E-state index contributed by atoms with van der Waals surface area (Å²) in [4.78, 5) is 21.3. The van der Waals surface area contributed by atoms with Gasteiger partial charge in [-0.1, -0.05) is 29.4 Å². The fourth-order valence-electron chi connectivity index (χ4n) is 3.10. The number of piperidine rings is 1. The second-order valence-corrected chi connectivity index (χ2v) is 7.54. The Balaban J connectivity index is 1.67. The van der Waals surface area contributed by atoms with Gasteiger partial charge in [0.1, 0.15) is 0 Å². The maximum Gasteiger partial charge on any atom is 0.253 e. The molecule has 2 aliphatic rings. The molecular weight excluding hydrogens is 340 g/mol. The maximum absolute atomic E-state index is 12.7. The fourth-order valence-corrected chi connectivity index (χ4v) is 4.39. The number of carbonyl (C=O) groups is 1. The van der Waals surface area contributed by atoms with E-state index in [9.17, 15) is 4.79 Å². The number of likely N-dealkylation sites (tertiary alicyclic amines) is 1. The molecule has 2 aliphatic heterocycles. The molecule has 2 aromatic rings. The number of carbonyl (C=O) groups excluding carboxylic acids is 1. The van der Waals surface area contributed by atoms with Crippen LogP contribution in [-0.2, 0) is 0 Å². The van der Waals surface area contributed by atoms with Gasteiger partial charge in [0, 0.05) is 40.2 Å². The van der Waals surface area contributed by atoms with Crippen LogP contribution in [0, 0.1) is 0 Å². The van der Waals surface area contributed by atoms with Crippen molar-refractivity contribution in [1.82, 2.24) is 4.90 Å². The molecule has 0 saturated carbocycles. The summed E-state index contributed by atoms with van der Waals surface area (Å²) in [6.45, 7) is 1.71. The van der Waals surface area contributed by atoms with Crippen LogP contribution in [0.1, 0.15) is 35.2 Å². The number of amides is 1. The first-order chi connectivity index (χ1) is 11.7. The highest BCUT2D eigenvalue weighted by Gasteiger charge is 2.20. The largest absolute Gasteiger partial charge is 0.339 e. The molecule has 24 heavy (non-hydrogen) atoms. The van der Waals surface area contributed by atoms with Crippen LogP contribution in [0.3, 0.4) is 0 Å². The molecule has 0 bridgehead atoms. The lowest BCUT2D eigenvalue weighted by atomic mass is 10.1. The van der Waals surface area contributed by atoms with E-state index in [0.717, 1.165) is 47.0 Å². The number of rotatable bonds is 1. The summed E-state index contributed by atoms with van der Waals surface area (Å²) >= 11 is 7.91. The second-order valence-electron chi connectivity index (χ2n) is 6.05. The molecule has 1 saturated heterocycles. The van der Waals surface area contributed by atoms with Crippen molar-refractivity contribution in [3.05, 3.63) is 52.5 Å². The Morgan fingerprint density at radius 3 is 2.75 bits per heavy atom. The van der Waals surface area contributed by atoms with Crippen molar-refractivity contribution in [2.24, 2.45) is 4.99 Å². The zero-order valence-corrected chi connectivity index (χ0v) is 14.7. The summed E-state index contributed by atoms with van der Waals surface area (Å²) in [5.41, 5.74) is 2.48. The second kappa shape index (κ2) is 6.61. The topological polar surface area (TPSA) is 32.7 Å². The number of hydrogen-bond donors (Lipinski definition) is 0. The van der Waals surface area contributed by atoms with Crippen molar-refractivity contribution in [3.63, 3.8) is 0 Å². The average molecular weight is 357 g/mol. The minimum Gasteiger partial charge on any atom is -0.339 e. The molecule has 0 aromatic heterocycles. The van der Waals surface area contributed by atoms with E-state index in [1.165, 1.54) is 6.42 Å². The lowest BCUT2D eigenvalue weighted by Gasteiger charge is -2.26. The lowest BCUT2D eigenvalue weighted by molar-refractivity contribution is 0.0724. The van der Waals surface area contributed by atoms with Gasteiger partial charge in [-0.05, 0) is 49.6 Å². The third kappa shape index (κ3) is 2.96. The molecule has 5 heteroatoms. The predicted octanol–water partition coefficient (Wildman–Crippen LogP) is 5.18. The van der Waals surface area contributed by atoms with E-state index in [-0.39, 0.29) is 5.91 Å². The number of aliphatic imine (C=N–C) groups is 1. The first-order valence-corrected chi connectivity index (χ1v) is 9.35. The Morgan fingerprint density at radius 2 is 1.92 bits per heavy atom. The molecule has 3 nitrogen and oxygen atoms in total. The summed E-state index contributed by atoms with van der Waals surface area (Å²) in [7, 11) is 0. The maximum atomic E-state index is 12.7. The zero-order chi connectivity index (χ0) is 16.5. The molecule has 0 N–H and O–H groups in total. The van der Waals surface area contributed by atoms with Gasteiger partial charge in [-0.2, -0.15) is 0 Å². The first kappa shape index (κ1) is 15.7. The number of nitrogens with zero attached hydrogens (tertiary/aromatic N) is 2. The molecule has 2 heterocycles. The molecule has 1 amide bonds. The Labute approximate surface area is 150 Å². The van der Waals surface area contributed by atoms with Crippen molar-refractivity contribution in [2.45, 2.75) is 29.1 Å². The van der Waals surface area contributed by atoms with Gasteiger partial charge in [-0.15, -0.1) is 0 Å². The molecule has 0 unspecified atom stereocenters. The fraction of sp³-hybridized carbons (Fsp3) is 0.263. The summed E-state index contributed by atoms with van der Waals surface area (Å²) in [5.74, 6) is 0.109. The van der Waals surface area contributed by atoms with Crippen molar-refractivity contribution in [3.8, 4) is 0 Å². The molecule has 4 rings (SSSR count). The lowest BCUT2D eigenvalue weighted by Crippen LogP contribution is -2.35. The zero-order valence-electron chi connectivity index (χ0n) is 13.2. The SMILES string of the molecule is O=C(c1ccc2c(c1)N=Cc1c(Cl)cccc1S2)N1CCCCC1. The van der Waals surface area contributed by atoms with E-state index in [1.807, 2.05) is 41.3 Å². The summed E-state index contributed by atoms with van der Waals surface area (Å²) < 4.78 is 0. The molecule has 0 atom stereocenters. The quantitative estimate of drug-likeness (QED) is 0.601. The van der Waals surface area contributed by atoms with Gasteiger partial charge in [0.15, 0.2) is 0 Å². The smallest absolute Gasteiger partial charge is 0.253 e. The molecule has 0 radical (unpaired) electrons. The molecule has 0 spiro atoms. The monoisotopic (exact) mass is 356 g/mol. The van der Waals surface area contributed by atoms with Crippen molar-refractivity contribution in [1.29, 1.82) is 0 Å². The van der Waals surface area contributed by atoms with Gasteiger partial charge in [0.05, 0.1) is 10.7 Å². The van der Waals surface area contributed by atoms with Crippen molar-refractivity contribution in [2.75, 3.05) is 13.1 Å². The van der Waals surface area contributed by atoms with E-state index in [0.29, 0.717) is 10.6 Å². The van der Waals surface area contributed by atoms with E-state index in [1.54, 1.807) is 18.0 Å². The van der Waals surface area contributed by atoms with Crippen LogP contribution >= 0.6 is 23.4 Å². The Hall–Kier alpha value is -1.78. The molecule has 122 valence electrons. The Morgan fingerprint density at radius 1 is 1.08 bits per heavy atom. The van der Waals surface area contributed by atoms with Crippen LogP contribution in [0.4, 0.5) is 5.69 Å². The van der Waals surface area contributed by atoms with Gasteiger partial charge in [0.2, 0.25) is 0 Å². The number of benzene rings is 2. The van der Waals surface area contributed by atoms with Gasteiger partial charge < -0.3 is 4.90 Å². The molecule has 1 fully saturated rings. The summed E-state index contributed by atoms with van der Waals surface area (Å²) in [6.07, 6.45) is 5.20. The summed E-state index contributed by atoms with van der Waals surface area (Å²) in [6, 6.07) is 11.7. The molecular formula is C19H17ClN2OS. The van der Waals surface area contributed by atoms with Gasteiger partial charge in [0.25, 0.3) is 5.91 Å². The highest BCUT2D eigenvalue weighted by molar-refractivity contribution is 7.99. The van der Waals surface area contributed by atoms with Crippen LogP contribution in [0.2, 0.25) is 5.02 Å². The third-order valence-electron chi connectivity index (χ3n) is 4.41. The predicted molar refractivity (Wildman–Crippen MR) is 99.0 cm³/mol. The van der Waals surface area contributed by atoms with Gasteiger partial charge in [-0.3, -0.25) is 9.79 Å². The van der Waals surface area contributed by atoms with Crippen LogP contribution in [0.5, 0.6) is 0 Å². The van der Waals surface area contributed by atoms with E-state index in [4.69, 9.17) is 11.6 Å². The highest BCUT2D eigenvalue weighted by atomic mass is 35.5. The van der Waals surface area contributed by atoms with Crippen LogP contribution in [-0.4, -0.2) is 30.1 Å². The Bertz CT molecular complexity index is 828. The summed E-state index contributed by atoms with van der Waals surface area (Å²) in [5, 5.41) is 0.696. The van der Waals surface area contributed by atoms with Crippen molar-refractivity contribution < 1.29 is 4.79 Å². The van der Waals surface area contributed by atoms with Crippen molar-refractivity contribution >= 4 is 41.2 Å².